The lowest BCUT2D eigenvalue weighted by Crippen LogP contribution is -2.41. The largest absolute Gasteiger partial charge is 0.480 e. The zero-order chi connectivity index (χ0) is 16.7. The molecule has 0 heterocycles. The van der Waals surface area contributed by atoms with Gasteiger partial charge in [-0.15, -0.1) is 0 Å². The van der Waals surface area contributed by atoms with Gasteiger partial charge in [-0.1, -0.05) is 26.0 Å². The number of carbonyl (C=O) groups is 2. The van der Waals surface area contributed by atoms with Crippen molar-refractivity contribution in [2.45, 2.75) is 26.3 Å². The molecule has 0 aromatic heterocycles. The number of carboxylic acids is 1. The van der Waals surface area contributed by atoms with E-state index in [0.717, 1.165) is 0 Å². The SMILES string of the molecule is CC(C)C[C@H](NC(=O)c1ccccc1N=CN(C)C)C(=O)O. The summed E-state index contributed by atoms with van der Waals surface area (Å²) < 4.78 is 0. The fraction of sp³-hybridized carbons (Fsp3) is 0.438. The molecule has 1 rings (SSSR count). The van der Waals surface area contributed by atoms with Gasteiger partial charge in [-0.25, -0.2) is 9.79 Å². The molecule has 0 aliphatic carbocycles. The van der Waals surface area contributed by atoms with Crippen LogP contribution in [0.25, 0.3) is 0 Å². The Morgan fingerprint density at radius 2 is 1.95 bits per heavy atom. The normalized spacial score (nSPS) is 12.4. The molecule has 1 amide bonds. The number of aliphatic imine (C=N–C) groups is 1. The first kappa shape index (κ1) is 17.7. The van der Waals surface area contributed by atoms with Gasteiger partial charge in [0.1, 0.15) is 6.04 Å². The molecule has 0 unspecified atom stereocenters. The van der Waals surface area contributed by atoms with Crippen LogP contribution in [-0.2, 0) is 4.79 Å². The molecule has 6 heteroatoms. The fourth-order valence-corrected chi connectivity index (χ4v) is 1.88. The number of nitrogens with zero attached hydrogens (tertiary/aromatic N) is 2. The molecule has 1 atom stereocenters. The van der Waals surface area contributed by atoms with E-state index in [-0.39, 0.29) is 5.92 Å². The third kappa shape index (κ3) is 5.55. The fourth-order valence-electron chi connectivity index (χ4n) is 1.88. The Morgan fingerprint density at radius 1 is 1.32 bits per heavy atom. The van der Waals surface area contributed by atoms with Crippen LogP contribution < -0.4 is 5.32 Å². The summed E-state index contributed by atoms with van der Waals surface area (Å²) in [5.74, 6) is -1.29. The molecule has 0 radical (unpaired) electrons. The number of aliphatic carboxylic acids is 1. The van der Waals surface area contributed by atoms with Crippen LogP contribution in [-0.4, -0.2) is 48.4 Å². The average molecular weight is 305 g/mol. The van der Waals surface area contributed by atoms with Gasteiger partial charge in [0.05, 0.1) is 17.6 Å². The molecular formula is C16H23N3O3. The van der Waals surface area contributed by atoms with Gasteiger partial charge in [-0.2, -0.15) is 0 Å². The maximum atomic E-state index is 12.3. The van der Waals surface area contributed by atoms with Crippen LogP contribution in [0.5, 0.6) is 0 Å². The highest BCUT2D eigenvalue weighted by Crippen LogP contribution is 2.18. The molecule has 2 N–H and O–H groups in total. The molecule has 0 spiro atoms. The summed E-state index contributed by atoms with van der Waals surface area (Å²) in [5, 5.41) is 11.8. The van der Waals surface area contributed by atoms with E-state index in [9.17, 15) is 14.7 Å². The lowest BCUT2D eigenvalue weighted by atomic mass is 10.0. The minimum absolute atomic E-state index is 0.170. The van der Waals surface area contributed by atoms with E-state index in [1.54, 1.807) is 35.5 Å². The van der Waals surface area contributed by atoms with E-state index >= 15 is 0 Å². The van der Waals surface area contributed by atoms with E-state index in [1.807, 2.05) is 27.9 Å². The van der Waals surface area contributed by atoms with E-state index in [1.165, 1.54) is 0 Å². The molecular weight excluding hydrogens is 282 g/mol. The molecule has 120 valence electrons. The number of rotatable bonds is 7. The lowest BCUT2D eigenvalue weighted by Gasteiger charge is -2.17. The quantitative estimate of drug-likeness (QED) is 0.597. The molecule has 1 aromatic carbocycles. The van der Waals surface area contributed by atoms with Gasteiger partial charge in [0.15, 0.2) is 0 Å². The highest BCUT2D eigenvalue weighted by molar-refractivity contribution is 6.01. The summed E-state index contributed by atoms with van der Waals surface area (Å²) in [4.78, 5) is 29.6. The van der Waals surface area contributed by atoms with Gasteiger partial charge in [0.25, 0.3) is 5.91 Å². The molecule has 0 saturated carbocycles. The van der Waals surface area contributed by atoms with Gasteiger partial charge in [-0.05, 0) is 24.5 Å². The first-order chi connectivity index (χ1) is 10.3. The Hall–Kier alpha value is -2.37. The Labute approximate surface area is 130 Å². The maximum Gasteiger partial charge on any atom is 0.326 e. The van der Waals surface area contributed by atoms with Crippen molar-refractivity contribution in [1.29, 1.82) is 0 Å². The van der Waals surface area contributed by atoms with Crippen LogP contribution in [0.1, 0.15) is 30.6 Å². The molecule has 0 bridgehead atoms. The van der Waals surface area contributed by atoms with Crippen molar-refractivity contribution in [2.75, 3.05) is 14.1 Å². The number of nitrogens with one attached hydrogen (secondary N) is 1. The number of carboxylic acid groups (broad SMARTS) is 1. The lowest BCUT2D eigenvalue weighted by molar-refractivity contribution is -0.139. The second-order valence-electron chi connectivity index (χ2n) is 5.72. The Kier molecular flexibility index (Phi) is 6.56. The van der Waals surface area contributed by atoms with E-state index < -0.39 is 17.9 Å². The summed E-state index contributed by atoms with van der Waals surface area (Å²) in [6.45, 7) is 3.83. The van der Waals surface area contributed by atoms with Crippen molar-refractivity contribution in [2.24, 2.45) is 10.9 Å². The predicted molar refractivity (Wildman–Crippen MR) is 86.6 cm³/mol. The topological polar surface area (TPSA) is 82.0 Å². The summed E-state index contributed by atoms with van der Waals surface area (Å²) in [6, 6.07) is 5.95. The van der Waals surface area contributed by atoms with Gasteiger partial charge in [0.2, 0.25) is 0 Å². The molecule has 0 fully saturated rings. The average Bonchev–Trinajstić information content (AvgIpc) is 2.44. The zero-order valence-corrected chi connectivity index (χ0v) is 13.4. The number of para-hydroxylation sites is 1. The third-order valence-electron chi connectivity index (χ3n) is 2.89. The minimum Gasteiger partial charge on any atom is -0.480 e. The Bertz CT molecular complexity index is 553. The van der Waals surface area contributed by atoms with Crippen molar-refractivity contribution < 1.29 is 14.7 Å². The second-order valence-corrected chi connectivity index (χ2v) is 5.72. The summed E-state index contributed by atoms with van der Waals surface area (Å²) in [5.41, 5.74) is 0.859. The molecule has 6 nitrogen and oxygen atoms in total. The first-order valence-corrected chi connectivity index (χ1v) is 7.14. The molecule has 0 aliphatic rings. The van der Waals surface area contributed by atoms with Crippen molar-refractivity contribution in [1.82, 2.24) is 10.2 Å². The van der Waals surface area contributed by atoms with Crippen molar-refractivity contribution in [3.8, 4) is 0 Å². The van der Waals surface area contributed by atoms with Crippen molar-refractivity contribution in [3.63, 3.8) is 0 Å². The molecule has 0 aliphatic heterocycles. The molecule has 22 heavy (non-hydrogen) atoms. The van der Waals surface area contributed by atoms with Crippen LogP contribution in [0.4, 0.5) is 5.69 Å². The standard InChI is InChI=1S/C16H23N3O3/c1-11(2)9-14(16(21)22)18-15(20)12-7-5-6-8-13(12)17-10-19(3)4/h5-8,10-11,14H,9H2,1-4H3,(H,18,20)(H,21,22)/t14-/m0/s1. The Balaban J connectivity index is 2.95. The maximum absolute atomic E-state index is 12.3. The molecule has 1 aromatic rings. The number of hydrogen-bond acceptors (Lipinski definition) is 3. The minimum atomic E-state index is -1.03. The van der Waals surface area contributed by atoms with E-state index in [2.05, 4.69) is 10.3 Å². The smallest absolute Gasteiger partial charge is 0.326 e. The van der Waals surface area contributed by atoms with Crippen molar-refractivity contribution in [3.05, 3.63) is 29.8 Å². The highest BCUT2D eigenvalue weighted by Gasteiger charge is 2.22. The number of benzene rings is 1. The van der Waals surface area contributed by atoms with Crippen molar-refractivity contribution >= 4 is 23.9 Å². The van der Waals surface area contributed by atoms with Crippen LogP contribution in [0, 0.1) is 5.92 Å². The number of hydrogen-bond donors (Lipinski definition) is 2. The van der Waals surface area contributed by atoms with E-state index in [4.69, 9.17) is 0 Å². The summed E-state index contributed by atoms with van der Waals surface area (Å²) >= 11 is 0. The predicted octanol–water partition coefficient (Wildman–Crippen LogP) is 2.14. The molecule has 0 saturated heterocycles. The van der Waals surface area contributed by atoms with Crippen LogP contribution in [0.2, 0.25) is 0 Å². The van der Waals surface area contributed by atoms with Gasteiger partial charge in [0, 0.05) is 14.1 Å². The van der Waals surface area contributed by atoms with Gasteiger partial charge < -0.3 is 15.3 Å². The zero-order valence-electron chi connectivity index (χ0n) is 13.4. The van der Waals surface area contributed by atoms with Crippen LogP contribution >= 0.6 is 0 Å². The summed E-state index contributed by atoms with van der Waals surface area (Å²) in [6.07, 6.45) is 1.97. The van der Waals surface area contributed by atoms with E-state index in [0.29, 0.717) is 17.7 Å². The third-order valence-corrected chi connectivity index (χ3v) is 2.89. The van der Waals surface area contributed by atoms with Gasteiger partial charge >= 0.3 is 5.97 Å². The first-order valence-electron chi connectivity index (χ1n) is 7.14. The van der Waals surface area contributed by atoms with Gasteiger partial charge in [-0.3, -0.25) is 4.79 Å². The number of amides is 1. The number of carbonyl (C=O) groups excluding carboxylic acids is 1. The van der Waals surface area contributed by atoms with Crippen LogP contribution in [0.3, 0.4) is 0 Å². The highest BCUT2D eigenvalue weighted by atomic mass is 16.4. The Morgan fingerprint density at radius 3 is 2.50 bits per heavy atom. The van der Waals surface area contributed by atoms with Crippen LogP contribution in [0.15, 0.2) is 29.3 Å². The summed E-state index contributed by atoms with van der Waals surface area (Å²) in [7, 11) is 3.66. The monoisotopic (exact) mass is 305 g/mol. The second kappa shape index (κ2) is 8.17.